The lowest BCUT2D eigenvalue weighted by Crippen LogP contribution is -2.58. The van der Waals surface area contributed by atoms with Crippen LogP contribution >= 0.6 is 0 Å². The zero-order chi connectivity index (χ0) is 27.8. The summed E-state index contributed by atoms with van der Waals surface area (Å²) >= 11 is 0. The Kier molecular flexibility index (Phi) is 9.83. The van der Waals surface area contributed by atoms with Crippen LogP contribution in [0.25, 0.3) is 0 Å². The topological polar surface area (TPSA) is 191 Å². The Morgan fingerprint density at radius 1 is 1.18 bits per heavy atom. The number of aromatic amines is 1. The first-order chi connectivity index (χ1) is 18.1. The first-order valence-corrected chi connectivity index (χ1v) is 12.8. The normalized spacial score (nSPS) is 18.3. The number of phenolic OH excluding ortho intramolecular Hbond substituents is 1. The number of aliphatic carboxylic acids is 1. The van der Waals surface area contributed by atoms with Crippen LogP contribution in [0.15, 0.2) is 36.8 Å². The molecule has 0 bridgehead atoms. The van der Waals surface area contributed by atoms with Gasteiger partial charge in [0.25, 0.3) is 0 Å². The Balaban J connectivity index is 1.74. The Morgan fingerprint density at radius 3 is 2.50 bits per heavy atom. The third-order valence-corrected chi connectivity index (χ3v) is 6.94. The SMILES string of the molecule is CCC(C)C(NC(=O)C1CCCN1C(=O)C(Cc1cnc[nH]1)NC(=O)C(N)Cc1ccc(O)cc1)C(=O)O. The van der Waals surface area contributed by atoms with E-state index >= 15 is 0 Å². The van der Waals surface area contributed by atoms with Crippen molar-refractivity contribution in [1.29, 1.82) is 0 Å². The summed E-state index contributed by atoms with van der Waals surface area (Å²) < 4.78 is 0. The predicted molar refractivity (Wildman–Crippen MR) is 138 cm³/mol. The van der Waals surface area contributed by atoms with Crippen LogP contribution in [-0.2, 0) is 32.0 Å². The summed E-state index contributed by atoms with van der Waals surface area (Å²) in [7, 11) is 0. The van der Waals surface area contributed by atoms with Gasteiger partial charge in [-0.2, -0.15) is 0 Å². The van der Waals surface area contributed by atoms with E-state index in [1.807, 2.05) is 6.92 Å². The standard InChI is InChI=1S/C26H36N6O6/c1-3-15(2)22(26(37)38)31-24(35)21-5-4-10-32(21)25(36)20(12-17-13-28-14-29-17)30-23(34)19(27)11-16-6-8-18(33)9-7-16/h6-9,13-15,19-22,33H,3-5,10-12,27H2,1-2H3,(H,28,29)(H,30,34)(H,31,35)(H,37,38). The molecule has 1 fully saturated rings. The van der Waals surface area contributed by atoms with E-state index in [1.165, 1.54) is 23.4 Å². The van der Waals surface area contributed by atoms with Gasteiger partial charge >= 0.3 is 5.97 Å². The lowest BCUT2D eigenvalue weighted by molar-refractivity contribution is -0.146. The molecule has 2 aromatic rings. The van der Waals surface area contributed by atoms with Gasteiger partial charge in [0.2, 0.25) is 17.7 Å². The summed E-state index contributed by atoms with van der Waals surface area (Å²) in [5, 5.41) is 24.4. The summed E-state index contributed by atoms with van der Waals surface area (Å²) in [6.07, 6.45) is 4.81. The Bertz CT molecular complexity index is 1110. The molecular formula is C26H36N6O6. The van der Waals surface area contributed by atoms with E-state index in [0.717, 1.165) is 5.56 Å². The maximum Gasteiger partial charge on any atom is 0.326 e. The third kappa shape index (κ3) is 7.31. The van der Waals surface area contributed by atoms with Gasteiger partial charge in [0.05, 0.1) is 12.4 Å². The number of carboxylic acids is 1. The number of imidazole rings is 1. The molecule has 3 rings (SSSR count). The van der Waals surface area contributed by atoms with Crippen molar-refractivity contribution in [1.82, 2.24) is 25.5 Å². The molecule has 0 aliphatic carbocycles. The monoisotopic (exact) mass is 528 g/mol. The van der Waals surface area contributed by atoms with Gasteiger partial charge < -0.3 is 36.5 Å². The average Bonchev–Trinajstić information content (AvgIpc) is 3.59. The second kappa shape index (κ2) is 13.0. The van der Waals surface area contributed by atoms with Crippen molar-refractivity contribution in [2.24, 2.45) is 11.7 Å². The summed E-state index contributed by atoms with van der Waals surface area (Å²) in [5.41, 5.74) is 7.48. The zero-order valence-electron chi connectivity index (χ0n) is 21.6. The molecule has 206 valence electrons. The second-order valence-electron chi connectivity index (χ2n) is 9.72. The fourth-order valence-electron chi connectivity index (χ4n) is 4.51. The fraction of sp³-hybridized carbons (Fsp3) is 0.500. The van der Waals surface area contributed by atoms with Gasteiger partial charge in [-0.15, -0.1) is 0 Å². The second-order valence-corrected chi connectivity index (χ2v) is 9.72. The minimum absolute atomic E-state index is 0.0972. The van der Waals surface area contributed by atoms with Crippen molar-refractivity contribution in [2.45, 2.75) is 70.1 Å². The van der Waals surface area contributed by atoms with Crippen LogP contribution in [0.1, 0.15) is 44.4 Å². The summed E-state index contributed by atoms with van der Waals surface area (Å²) in [5.74, 6) is -2.85. The van der Waals surface area contributed by atoms with Crippen LogP contribution in [0.3, 0.4) is 0 Å². The molecule has 1 saturated heterocycles. The molecule has 1 aromatic heterocycles. The summed E-state index contributed by atoms with van der Waals surface area (Å²) in [4.78, 5) is 59.7. The van der Waals surface area contributed by atoms with Crippen LogP contribution in [0.5, 0.6) is 5.75 Å². The molecule has 1 aliphatic rings. The van der Waals surface area contributed by atoms with Crippen molar-refractivity contribution in [3.8, 4) is 5.75 Å². The Morgan fingerprint density at radius 2 is 1.89 bits per heavy atom. The smallest absolute Gasteiger partial charge is 0.326 e. The third-order valence-electron chi connectivity index (χ3n) is 6.94. The van der Waals surface area contributed by atoms with Gasteiger partial charge in [-0.05, 0) is 42.9 Å². The molecule has 0 radical (unpaired) electrons. The zero-order valence-corrected chi connectivity index (χ0v) is 21.6. The number of aromatic nitrogens is 2. The Labute approximate surface area is 221 Å². The number of hydrogen-bond acceptors (Lipinski definition) is 7. The first kappa shape index (κ1) is 28.6. The van der Waals surface area contributed by atoms with E-state index in [0.29, 0.717) is 31.5 Å². The van der Waals surface area contributed by atoms with Gasteiger partial charge in [-0.3, -0.25) is 14.4 Å². The first-order valence-electron chi connectivity index (χ1n) is 12.8. The number of likely N-dealkylation sites (tertiary alicyclic amines) is 1. The number of nitrogens with one attached hydrogen (secondary N) is 3. The van der Waals surface area contributed by atoms with E-state index in [-0.39, 0.29) is 24.5 Å². The molecule has 12 nitrogen and oxygen atoms in total. The van der Waals surface area contributed by atoms with Gasteiger partial charge in [-0.25, -0.2) is 9.78 Å². The van der Waals surface area contributed by atoms with E-state index in [9.17, 15) is 29.4 Å². The number of amides is 3. The molecule has 5 atom stereocenters. The highest BCUT2D eigenvalue weighted by Gasteiger charge is 2.39. The van der Waals surface area contributed by atoms with Crippen molar-refractivity contribution in [3.63, 3.8) is 0 Å². The number of hydrogen-bond donors (Lipinski definition) is 6. The van der Waals surface area contributed by atoms with Crippen molar-refractivity contribution in [3.05, 3.63) is 48.0 Å². The molecule has 0 saturated carbocycles. The molecule has 1 aliphatic heterocycles. The van der Waals surface area contributed by atoms with Gasteiger partial charge in [0.1, 0.15) is 23.9 Å². The molecule has 38 heavy (non-hydrogen) atoms. The summed E-state index contributed by atoms with van der Waals surface area (Å²) in [6, 6.07) is 2.43. The summed E-state index contributed by atoms with van der Waals surface area (Å²) in [6.45, 7) is 3.88. The number of H-pyrrole nitrogens is 1. The van der Waals surface area contributed by atoms with Crippen molar-refractivity contribution >= 4 is 23.7 Å². The Hall–Kier alpha value is -3.93. The number of nitrogens with zero attached hydrogens (tertiary/aromatic N) is 2. The lowest BCUT2D eigenvalue weighted by atomic mass is 9.98. The highest BCUT2D eigenvalue weighted by atomic mass is 16.4. The van der Waals surface area contributed by atoms with E-state index in [1.54, 1.807) is 25.3 Å². The number of carboxylic acid groups (broad SMARTS) is 1. The number of rotatable bonds is 12. The van der Waals surface area contributed by atoms with Crippen LogP contribution in [0.2, 0.25) is 0 Å². The van der Waals surface area contributed by atoms with Gasteiger partial charge in [-0.1, -0.05) is 32.4 Å². The average molecular weight is 529 g/mol. The largest absolute Gasteiger partial charge is 0.508 e. The predicted octanol–water partition coefficient (Wildman–Crippen LogP) is 0.319. The number of carbonyl (C=O) groups excluding carboxylic acids is 3. The molecule has 7 N–H and O–H groups in total. The molecule has 12 heteroatoms. The minimum atomic E-state index is -1.13. The van der Waals surface area contributed by atoms with Crippen LogP contribution in [0, 0.1) is 5.92 Å². The minimum Gasteiger partial charge on any atom is -0.508 e. The quantitative estimate of drug-likeness (QED) is 0.227. The van der Waals surface area contributed by atoms with Crippen LogP contribution in [-0.4, -0.2) is 79.5 Å². The molecular weight excluding hydrogens is 492 g/mol. The number of nitrogens with two attached hydrogens (primary N) is 1. The van der Waals surface area contributed by atoms with Crippen molar-refractivity contribution < 1.29 is 29.4 Å². The number of aromatic hydroxyl groups is 1. The number of carbonyl (C=O) groups is 4. The molecule has 1 aromatic carbocycles. The van der Waals surface area contributed by atoms with E-state index in [2.05, 4.69) is 20.6 Å². The van der Waals surface area contributed by atoms with Crippen molar-refractivity contribution in [2.75, 3.05) is 6.54 Å². The molecule has 2 heterocycles. The molecule has 5 unspecified atom stereocenters. The van der Waals surface area contributed by atoms with Crippen LogP contribution < -0.4 is 16.4 Å². The van der Waals surface area contributed by atoms with Gasteiger partial charge in [0, 0.05) is 24.9 Å². The molecule has 3 amide bonds. The lowest BCUT2D eigenvalue weighted by Gasteiger charge is -2.30. The number of benzene rings is 1. The van der Waals surface area contributed by atoms with Crippen LogP contribution in [0.4, 0.5) is 0 Å². The van der Waals surface area contributed by atoms with E-state index < -0.39 is 47.9 Å². The maximum absolute atomic E-state index is 13.7. The maximum atomic E-state index is 13.7. The number of phenols is 1. The molecule has 0 spiro atoms. The fourth-order valence-corrected chi connectivity index (χ4v) is 4.51. The highest BCUT2D eigenvalue weighted by molar-refractivity contribution is 5.94. The highest BCUT2D eigenvalue weighted by Crippen LogP contribution is 2.21. The van der Waals surface area contributed by atoms with E-state index in [4.69, 9.17) is 5.73 Å². The van der Waals surface area contributed by atoms with Gasteiger partial charge in [0.15, 0.2) is 0 Å².